The molecule has 0 unspecified atom stereocenters. The van der Waals surface area contributed by atoms with Gasteiger partial charge in [0.2, 0.25) is 0 Å². The highest BCUT2D eigenvalue weighted by Crippen LogP contribution is 2.35. The summed E-state index contributed by atoms with van der Waals surface area (Å²) < 4.78 is 31.8. The van der Waals surface area contributed by atoms with Gasteiger partial charge in [-0.05, 0) is 51.9 Å². The average Bonchev–Trinajstić information content (AvgIpc) is 3.28. The maximum absolute atomic E-state index is 15.5. The van der Waals surface area contributed by atoms with Gasteiger partial charge in [-0.25, -0.2) is 23.7 Å². The number of nitrogen functional groups attached to an aromatic ring is 1. The third-order valence-corrected chi connectivity index (χ3v) is 6.74. The predicted molar refractivity (Wildman–Crippen MR) is 135 cm³/mol. The predicted octanol–water partition coefficient (Wildman–Crippen LogP) is 4.79. The zero-order valence-corrected chi connectivity index (χ0v) is 20.1. The van der Waals surface area contributed by atoms with Gasteiger partial charge >= 0.3 is 0 Å². The quantitative estimate of drug-likeness (QED) is 0.402. The topological polar surface area (TPSA) is 84.9 Å². The second kappa shape index (κ2) is 9.22. The minimum atomic E-state index is -0.554. The van der Waals surface area contributed by atoms with E-state index in [-0.39, 0.29) is 17.3 Å². The fourth-order valence-electron chi connectivity index (χ4n) is 4.64. The number of nitrogens with one attached hydrogen (secondary N) is 1. The number of aromatic nitrogens is 4. The van der Waals surface area contributed by atoms with Gasteiger partial charge in [-0.2, -0.15) is 0 Å². The molecule has 3 N–H and O–H groups in total. The van der Waals surface area contributed by atoms with Crippen molar-refractivity contribution >= 4 is 22.5 Å². The van der Waals surface area contributed by atoms with E-state index in [0.717, 1.165) is 25.9 Å². The number of fused-ring (bicyclic) bond motifs is 1. The summed E-state index contributed by atoms with van der Waals surface area (Å²) in [4.78, 5) is 16.1. The molecule has 1 saturated heterocycles. The molecule has 0 spiro atoms. The molecule has 1 aliphatic rings. The first kappa shape index (κ1) is 23.2. The summed E-state index contributed by atoms with van der Waals surface area (Å²) >= 11 is 0. The summed E-state index contributed by atoms with van der Waals surface area (Å²) in [5.74, 6) is -0.308. The number of imidazole rings is 1. The van der Waals surface area contributed by atoms with Crippen LogP contribution in [0, 0.1) is 11.6 Å². The van der Waals surface area contributed by atoms with Crippen molar-refractivity contribution in [3.05, 3.63) is 54.5 Å². The van der Waals surface area contributed by atoms with Crippen LogP contribution < -0.4 is 16.0 Å². The molecule has 0 saturated carbocycles. The number of hydrogen-bond donors (Lipinski definition) is 2. The second-order valence-electron chi connectivity index (χ2n) is 9.28. The van der Waals surface area contributed by atoms with Gasteiger partial charge in [-0.3, -0.25) is 0 Å². The largest absolute Gasteiger partial charge is 0.396 e. The van der Waals surface area contributed by atoms with E-state index in [0.29, 0.717) is 39.8 Å². The molecule has 2 aromatic heterocycles. The van der Waals surface area contributed by atoms with Crippen molar-refractivity contribution in [1.29, 1.82) is 0 Å². The van der Waals surface area contributed by atoms with Crippen molar-refractivity contribution in [2.75, 3.05) is 30.8 Å². The van der Waals surface area contributed by atoms with Gasteiger partial charge in [0, 0.05) is 42.4 Å². The van der Waals surface area contributed by atoms with E-state index >= 15 is 4.39 Å². The first-order valence-corrected chi connectivity index (χ1v) is 11.9. The Morgan fingerprint density at radius 3 is 2.49 bits per heavy atom. The van der Waals surface area contributed by atoms with Crippen LogP contribution in [0.25, 0.3) is 33.5 Å². The molecule has 1 fully saturated rings. The lowest BCUT2D eigenvalue weighted by Crippen LogP contribution is -2.41. The van der Waals surface area contributed by atoms with Crippen LogP contribution in [0.4, 0.5) is 20.3 Å². The van der Waals surface area contributed by atoms with Crippen molar-refractivity contribution < 1.29 is 8.78 Å². The number of halogens is 2. The standard InChI is InChI=1S/C26H29F2N7/c1-15(2)35-14-32-22-11-18(19(27)12-23(22)35)26-25(16-4-5-21(29)20(28)10-16)33-24(13-31-26)34-8-6-17(30-3)7-9-34/h4-5,10-15,17,30H,6-9,29H2,1-3H3. The molecule has 5 rings (SSSR count). The Kier molecular flexibility index (Phi) is 6.10. The van der Waals surface area contributed by atoms with Crippen molar-refractivity contribution in [1.82, 2.24) is 24.8 Å². The maximum atomic E-state index is 15.5. The smallest absolute Gasteiger partial charge is 0.147 e. The summed E-state index contributed by atoms with van der Waals surface area (Å²) in [6.07, 6.45) is 5.34. The molecule has 0 radical (unpaired) electrons. The highest BCUT2D eigenvalue weighted by atomic mass is 19.1. The highest BCUT2D eigenvalue weighted by molar-refractivity contribution is 5.86. The van der Waals surface area contributed by atoms with Crippen molar-refractivity contribution in [3.63, 3.8) is 0 Å². The number of benzene rings is 2. The van der Waals surface area contributed by atoms with Gasteiger partial charge in [-0.1, -0.05) is 6.07 Å². The number of nitrogens with two attached hydrogens (primary N) is 1. The van der Waals surface area contributed by atoms with Gasteiger partial charge in [0.25, 0.3) is 0 Å². The van der Waals surface area contributed by atoms with E-state index < -0.39 is 11.6 Å². The zero-order valence-electron chi connectivity index (χ0n) is 20.1. The van der Waals surface area contributed by atoms with E-state index in [2.05, 4.69) is 20.2 Å². The molecule has 3 heterocycles. The van der Waals surface area contributed by atoms with Crippen LogP contribution in [-0.4, -0.2) is 45.7 Å². The van der Waals surface area contributed by atoms with Crippen LogP contribution in [0.15, 0.2) is 42.9 Å². The Bertz CT molecular complexity index is 1370. The molecule has 182 valence electrons. The molecule has 35 heavy (non-hydrogen) atoms. The first-order valence-electron chi connectivity index (χ1n) is 11.9. The van der Waals surface area contributed by atoms with Crippen molar-refractivity contribution in [2.24, 2.45) is 0 Å². The fraction of sp³-hybridized carbons (Fsp3) is 0.346. The van der Waals surface area contributed by atoms with E-state index in [1.54, 1.807) is 24.7 Å². The summed E-state index contributed by atoms with van der Waals surface area (Å²) in [6, 6.07) is 8.27. The lowest BCUT2D eigenvalue weighted by molar-refractivity contribution is 0.440. The SMILES string of the molecule is CNC1CCN(c2cnc(-c3cc4ncn(C(C)C)c4cc3F)c(-c3ccc(N)c(F)c3)n2)CC1. The number of nitrogens with zero attached hydrogens (tertiary/aromatic N) is 5. The monoisotopic (exact) mass is 477 g/mol. The molecule has 7 nitrogen and oxygen atoms in total. The Morgan fingerprint density at radius 1 is 1.03 bits per heavy atom. The van der Waals surface area contributed by atoms with Crippen molar-refractivity contribution in [3.8, 4) is 22.5 Å². The lowest BCUT2D eigenvalue weighted by atomic mass is 10.0. The Balaban J connectivity index is 1.64. The van der Waals surface area contributed by atoms with E-state index in [1.807, 2.05) is 25.5 Å². The third kappa shape index (κ3) is 4.32. The minimum Gasteiger partial charge on any atom is -0.396 e. The molecule has 9 heteroatoms. The van der Waals surface area contributed by atoms with Gasteiger partial charge in [0.15, 0.2) is 0 Å². The van der Waals surface area contributed by atoms with E-state index in [4.69, 9.17) is 10.7 Å². The molecule has 2 aromatic carbocycles. The first-order chi connectivity index (χ1) is 16.9. The summed E-state index contributed by atoms with van der Waals surface area (Å²) in [6.45, 7) is 5.68. The van der Waals surface area contributed by atoms with Crippen LogP contribution in [0.3, 0.4) is 0 Å². The normalized spacial score (nSPS) is 14.9. The summed E-state index contributed by atoms with van der Waals surface area (Å²) in [7, 11) is 1.97. The van der Waals surface area contributed by atoms with Crippen LogP contribution in [0.5, 0.6) is 0 Å². The number of hydrogen-bond acceptors (Lipinski definition) is 6. The zero-order chi connectivity index (χ0) is 24.7. The highest BCUT2D eigenvalue weighted by Gasteiger charge is 2.23. The van der Waals surface area contributed by atoms with E-state index in [9.17, 15) is 4.39 Å². The average molecular weight is 478 g/mol. The molecule has 0 atom stereocenters. The van der Waals surface area contributed by atoms with Crippen molar-refractivity contribution in [2.45, 2.75) is 38.8 Å². The van der Waals surface area contributed by atoms with E-state index in [1.165, 1.54) is 18.2 Å². The van der Waals surface area contributed by atoms with Gasteiger partial charge in [0.1, 0.15) is 17.5 Å². The van der Waals surface area contributed by atoms with Gasteiger partial charge in [0.05, 0.1) is 40.6 Å². The van der Waals surface area contributed by atoms with Gasteiger partial charge < -0.3 is 20.5 Å². The Morgan fingerprint density at radius 2 is 1.80 bits per heavy atom. The summed E-state index contributed by atoms with van der Waals surface area (Å²) in [5.41, 5.74) is 8.60. The Hall–Kier alpha value is -3.59. The number of anilines is 2. The maximum Gasteiger partial charge on any atom is 0.147 e. The molecular weight excluding hydrogens is 448 g/mol. The van der Waals surface area contributed by atoms with Crippen LogP contribution >= 0.6 is 0 Å². The Labute approximate surface area is 203 Å². The molecule has 0 aliphatic carbocycles. The lowest BCUT2D eigenvalue weighted by Gasteiger charge is -2.32. The third-order valence-electron chi connectivity index (χ3n) is 6.74. The molecular formula is C26H29F2N7. The molecule has 0 amide bonds. The second-order valence-corrected chi connectivity index (χ2v) is 9.28. The summed E-state index contributed by atoms with van der Waals surface area (Å²) in [5, 5.41) is 3.32. The number of rotatable bonds is 5. The minimum absolute atomic E-state index is 0.0420. The molecule has 1 aliphatic heterocycles. The molecule has 4 aromatic rings. The molecule has 0 bridgehead atoms. The van der Waals surface area contributed by atoms with Crippen LogP contribution in [0.2, 0.25) is 0 Å². The van der Waals surface area contributed by atoms with Crippen LogP contribution in [-0.2, 0) is 0 Å². The van der Waals surface area contributed by atoms with Crippen LogP contribution in [0.1, 0.15) is 32.7 Å². The van der Waals surface area contributed by atoms with Gasteiger partial charge in [-0.15, -0.1) is 0 Å². The number of piperidine rings is 1. The fourth-order valence-corrected chi connectivity index (χ4v) is 4.64.